The zero-order chi connectivity index (χ0) is 16.7. The lowest BCUT2D eigenvalue weighted by Crippen LogP contribution is -2.29. The highest BCUT2D eigenvalue weighted by molar-refractivity contribution is 6.58. The summed E-state index contributed by atoms with van der Waals surface area (Å²) in [6.45, 7) is -6.46. The Hall–Kier alpha value is -0.995. The van der Waals surface area contributed by atoms with E-state index in [1.54, 1.807) is 0 Å². The van der Waals surface area contributed by atoms with Gasteiger partial charge in [-0.1, -0.05) is 12.1 Å². The van der Waals surface area contributed by atoms with Gasteiger partial charge in [-0.05, 0) is 24.4 Å². The lowest BCUT2D eigenvalue weighted by Gasteiger charge is -2.03. The fourth-order valence-corrected chi connectivity index (χ4v) is 0.542. The number of benzene rings is 1. The Morgan fingerprint density at radius 1 is 1.58 bits per heavy atom. The second kappa shape index (κ2) is 4.14. The summed E-state index contributed by atoms with van der Waals surface area (Å²) in [7, 11) is -2.27. The number of rotatable bonds is 3. The monoisotopic (exact) mass is 175 g/mol. The Morgan fingerprint density at radius 2 is 2.25 bits per heavy atom. The van der Waals surface area contributed by atoms with Gasteiger partial charge < -0.3 is 14.8 Å². The Bertz CT molecular complexity index is 528. The van der Waals surface area contributed by atoms with E-state index in [2.05, 4.69) is 4.74 Å². The average Bonchev–Trinajstić information content (AvgIpc) is 2.30. The van der Waals surface area contributed by atoms with Crippen molar-refractivity contribution in [2.75, 3.05) is 6.56 Å². The van der Waals surface area contributed by atoms with Crippen LogP contribution in [0.4, 0.5) is 0 Å². The standard InChI is InChI=1S/C8H11BO3/c1-2-12-8-5-3-7(4-6-8)9(10)11/h3-6,10-11H,2H2,1H3/i1D3,2D2,3D,4D,5D,6D. The molecule has 0 spiro atoms. The van der Waals surface area contributed by atoms with Gasteiger partial charge in [-0.3, -0.25) is 0 Å². The molecule has 0 saturated heterocycles. The van der Waals surface area contributed by atoms with Crippen LogP contribution in [0.1, 0.15) is 19.2 Å². The Balaban J connectivity index is 3.48. The van der Waals surface area contributed by atoms with Crippen molar-refractivity contribution in [3.63, 3.8) is 0 Å². The van der Waals surface area contributed by atoms with Gasteiger partial charge >= 0.3 is 7.12 Å². The molecule has 0 aromatic heterocycles. The van der Waals surface area contributed by atoms with Crippen molar-refractivity contribution in [3.05, 3.63) is 24.2 Å². The van der Waals surface area contributed by atoms with Gasteiger partial charge in [0.25, 0.3) is 0 Å². The highest BCUT2D eigenvalue weighted by Gasteiger charge is 2.09. The number of hydrogen-bond acceptors (Lipinski definition) is 3. The summed E-state index contributed by atoms with van der Waals surface area (Å²) in [6.07, 6.45) is 0. The largest absolute Gasteiger partial charge is 0.494 e. The van der Waals surface area contributed by atoms with Gasteiger partial charge in [0.15, 0.2) is 0 Å². The molecular weight excluding hydrogens is 155 g/mol. The molecule has 3 nitrogen and oxygen atoms in total. The molecule has 2 N–H and O–H groups in total. The predicted octanol–water partition coefficient (Wildman–Crippen LogP) is -0.235. The van der Waals surface area contributed by atoms with Crippen molar-refractivity contribution in [1.82, 2.24) is 0 Å². The van der Waals surface area contributed by atoms with Gasteiger partial charge in [0, 0.05) is 4.11 Å². The van der Waals surface area contributed by atoms with E-state index in [1.165, 1.54) is 0 Å². The Morgan fingerprint density at radius 3 is 2.75 bits per heavy atom. The van der Waals surface area contributed by atoms with Crippen LogP contribution in [0.3, 0.4) is 0 Å². The van der Waals surface area contributed by atoms with Crippen molar-refractivity contribution in [1.29, 1.82) is 0 Å². The molecule has 0 aliphatic carbocycles. The summed E-state index contributed by atoms with van der Waals surface area (Å²) in [5, 5.41) is 18.1. The molecule has 1 rings (SSSR count). The maximum atomic E-state index is 9.03. The second-order valence-electron chi connectivity index (χ2n) is 1.82. The maximum absolute atomic E-state index is 9.03. The van der Waals surface area contributed by atoms with Gasteiger partial charge in [-0.2, -0.15) is 0 Å². The van der Waals surface area contributed by atoms with E-state index in [4.69, 9.17) is 22.4 Å². The molecule has 0 amide bonds. The summed E-state index contributed by atoms with van der Waals surface area (Å²) in [6, 6.07) is -3.54. The molecule has 0 radical (unpaired) electrons. The third kappa shape index (κ3) is 2.25. The lowest BCUT2D eigenvalue weighted by molar-refractivity contribution is 0.340. The fourth-order valence-electron chi connectivity index (χ4n) is 0.542. The molecule has 1 aromatic rings. The van der Waals surface area contributed by atoms with Crippen molar-refractivity contribution < 1.29 is 27.1 Å². The topological polar surface area (TPSA) is 49.7 Å². The van der Waals surface area contributed by atoms with Gasteiger partial charge in [0.2, 0.25) is 0 Å². The highest BCUT2D eigenvalue weighted by Crippen LogP contribution is 2.06. The van der Waals surface area contributed by atoms with Crippen LogP contribution in [0.2, 0.25) is 0 Å². The molecular formula is C8H11BO3. The molecule has 0 heterocycles. The minimum absolute atomic E-state index is 0.716. The first kappa shape index (κ1) is 2.75. The summed E-state index contributed by atoms with van der Waals surface area (Å²) in [5.74, 6) is -0.921. The zero-order valence-electron chi connectivity index (χ0n) is 14.9. The summed E-state index contributed by atoms with van der Waals surface area (Å²) in [4.78, 5) is 0. The summed E-state index contributed by atoms with van der Waals surface area (Å²) < 4.78 is 70.2. The molecule has 4 heteroatoms. The quantitative estimate of drug-likeness (QED) is 0.623. The smallest absolute Gasteiger partial charge is 0.488 e. The fraction of sp³-hybridized carbons (Fsp3) is 0.250. The minimum atomic E-state index is -3.24. The van der Waals surface area contributed by atoms with Gasteiger partial charge in [0.1, 0.15) is 5.75 Å². The predicted molar refractivity (Wildman–Crippen MR) is 47.4 cm³/mol. The average molecular weight is 175 g/mol. The third-order valence-electron chi connectivity index (χ3n) is 1.03. The first-order valence-electron chi connectivity index (χ1n) is 7.46. The Kier molecular flexibility index (Phi) is 0.949. The van der Waals surface area contributed by atoms with E-state index < -0.39 is 55.9 Å². The molecule has 0 fully saturated rings. The van der Waals surface area contributed by atoms with Crippen molar-refractivity contribution >= 4 is 12.6 Å². The van der Waals surface area contributed by atoms with Crippen LogP contribution in [0.25, 0.3) is 0 Å². The molecule has 64 valence electrons. The number of hydrogen-bond donors (Lipinski definition) is 2. The van der Waals surface area contributed by atoms with E-state index in [1.807, 2.05) is 0 Å². The molecule has 1 aromatic carbocycles. The number of ether oxygens (including phenoxy) is 1. The van der Waals surface area contributed by atoms with E-state index in [0.29, 0.717) is 0 Å². The Labute approximate surface area is 84.4 Å². The van der Waals surface area contributed by atoms with E-state index in [-0.39, 0.29) is 0 Å². The van der Waals surface area contributed by atoms with Crippen LogP contribution in [-0.4, -0.2) is 23.7 Å². The maximum Gasteiger partial charge on any atom is 0.488 e. The summed E-state index contributed by atoms with van der Waals surface area (Å²) >= 11 is 0. The van der Waals surface area contributed by atoms with Gasteiger partial charge in [-0.25, -0.2) is 0 Å². The highest BCUT2D eigenvalue weighted by atomic mass is 16.5. The minimum Gasteiger partial charge on any atom is -0.494 e. The first-order valence-corrected chi connectivity index (χ1v) is 2.96. The zero-order valence-corrected chi connectivity index (χ0v) is 5.88. The van der Waals surface area contributed by atoms with E-state index in [9.17, 15) is 0 Å². The molecule has 12 heavy (non-hydrogen) atoms. The van der Waals surface area contributed by atoms with Crippen molar-refractivity contribution in [2.45, 2.75) is 6.85 Å². The summed E-state index contributed by atoms with van der Waals surface area (Å²) in [5.41, 5.74) is -0.716. The van der Waals surface area contributed by atoms with Crippen molar-refractivity contribution in [3.8, 4) is 5.75 Å². The van der Waals surface area contributed by atoms with Crippen LogP contribution in [0, 0.1) is 0 Å². The molecule has 0 saturated carbocycles. The van der Waals surface area contributed by atoms with E-state index >= 15 is 0 Å². The van der Waals surface area contributed by atoms with Crippen LogP contribution in [-0.2, 0) is 0 Å². The third-order valence-corrected chi connectivity index (χ3v) is 1.03. The second-order valence-corrected chi connectivity index (χ2v) is 1.82. The molecule has 0 aliphatic heterocycles. The SMILES string of the molecule is [2H]c1c([2H])c(B(O)O)c([2H])c([2H])c1OC([2H])([2H])C([2H])([2H])[2H]. The van der Waals surface area contributed by atoms with Crippen LogP contribution in [0.15, 0.2) is 24.2 Å². The van der Waals surface area contributed by atoms with Crippen LogP contribution in [0.5, 0.6) is 5.75 Å². The lowest BCUT2D eigenvalue weighted by atomic mass is 9.80. The van der Waals surface area contributed by atoms with Gasteiger partial charge in [0.05, 0.1) is 14.8 Å². The van der Waals surface area contributed by atoms with Crippen LogP contribution >= 0.6 is 0 Å². The molecule has 0 bridgehead atoms. The molecule has 0 aliphatic rings. The van der Waals surface area contributed by atoms with Gasteiger partial charge in [-0.15, -0.1) is 0 Å². The molecule has 0 unspecified atom stereocenters. The van der Waals surface area contributed by atoms with Crippen molar-refractivity contribution in [2.24, 2.45) is 0 Å². The molecule has 0 atom stereocenters. The normalized spacial score (nSPS) is 22.7. The first-order chi connectivity index (χ1) is 9.31. The van der Waals surface area contributed by atoms with E-state index in [0.717, 1.165) is 0 Å². The van der Waals surface area contributed by atoms with Crippen LogP contribution < -0.4 is 10.2 Å².